The summed E-state index contributed by atoms with van der Waals surface area (Å²) >= 11 is 0. The Hall–Kier alpha value is -3.44. The number of aromatic nitrogens is 3. The van der Waals surface area contributed by atoms with Crippen molar-refractivity contribution in [2.45, 2.75) is 31.5 Å². The molecule has 2 aliphatic heterocycles. The zero-order valence-electron chi connectivity index (χ0n) is 16.9. The number of rotatable bonds is 0. The highest BCUT2D eigenvalue weighted by Gasteiger charge is 2.47. The van der Waals surface area contributed by atoms with Gasteiger partial charge in [0.15, 0.2) is 11.6 Å². The Morgan fingerprint density at radius 1 is 1.27 bits per heavy atom. The third kappa shape index (κ3) is 2.74. The van der Waals surface area contributed by atoms with E-state index in [-0.39, 0.29) is 23.7 Å². The van der Waals surface area contributed by atoms with Gasteiger partial charge in [-0.3, -0.25) is 9.58 Å². The van der Waals surface area contributed by atoms with Gasteiger partial charge in [-0.25, -0.2) is 9.37 Å². The summed E-state index contributed by atoms with van der Waals surface area (Å²) in [7, 11) is 3.81. The largest absolute Gasteiger partial charge is 0.482 e. The highest BCUT2D eigenvalue weighted by molar-refractivity contribution is 5.74. The van der Waals surface area contributed by atoms with E-state index >= 15 is 0 Å². The van der Waals surface area contributed by atoms with E-state index in [0.29, 0.717) is 17.9 Å². The maximum Gasteiger partial charge on any atom is 0.166 e. The molecule has 3 aromatic rings. The minimum atomic E-state index is -0.423. The van der Waals surface area contributed by atoms with Crippen molar-refractivity contribution in [2.24, 2.45) is 7.05 Å². The lowest BCUT2D eigenvalue weighted by Gasteiger charge is -2.20. The van der Waals surface area contributed by atoms with Crippen LogP contribution in [-0.2, 0) is 13.5 Å². The maximum atomic E-state index is 14.1. The third-order valence-electron chi connectivity index (χ3n) is 6.14. The average Bonchev–Trinajstić information content (AvgIpc) is 3.21. The molecule has 2 aromatic heterocycles. The standard InChI is InChI=1S/C22H21FN6O/c1-11-15-7-13(23)4-5-14(15)21-17(28(21)2)8-16-20(18(9-24)29(3)27-16)12-6-19(30-11)22(25)26-10-12/h4-7,10-11,17,21H,8H2,1-3H3,(H2,25,26). The molecule has 2 N–H and O–H groups in total. The molecule has 2 bridgehead atoms. The summed E-state index contributed by atoms with van der Waals surface area (Å²) < 4.78 is 21.9. The van der Waals surface area contributed by atoms with E-state index < -0.39 is 6.10 Å². The predicted octanol–water partition coefficient (Wildman–Crippen LogP) is 3.13. The van der Waals surface area contributed by atoms with Crippen molar-refractivity contribution < 1.29 is 9.13 Å². The van der Waals surface area contributed by atoms with E-state index in [1.165, 1.54) is 12.1 Å². The molecule has 0 radical (unpaired) electrons. The van der Waals surface area contributed by atoms with Crippen LogP contribution in [0.2, 0.25) is 0 Å². The first-order valence-electron chi connectivity index (χ1n) is 9.78. The Balaban J connectivity index is 1.74. The van der Waals surface area contributed by atoms with Gasteiger partial charge in [0.05, 0.1) is 11.7 Å². The van der Waals surface area contributed by atoms with Crippen molar-refractivity contribution in [3.05, 3.63) is 58.8 Å². The Morgan fingerprint density at radius 2 is 2.07 bits per heavy atom. The van der Waals surface area contributed by atoms with E-state index in [2.05, 4.69) is 21.1 Å². The molecule has 0 spiro atoms. The van der Waals surface area contributed by atoms with Crippen LogP contribution in [0.25, 0.3) is 11.1 Å². The second kappa shape index (κ2) is 6.54. The summed E-state index contributed by atoms with van der Waals surface area (Å²) in [6, 6.07) is 9.21. The molecule has 8 heteroatoms. The molecule has 1 fully saturated rings. The number of nitriles is 1. The number of hydrogen-bond donors (Lipinski definition) is 1. The van der Waals surface area contributed by atoms with Crippen molar-refractivity contribution in [1.29, 1.82) is 5.26 Å². The number of hydrogen-bond acceptors (Lipinski definition) is 6. The summed E-state index contributed by atoms with van der Waals surface area (Å²) in [5.74, 6) is 0.336. The number of aryl methyl sites for hydroxylation is 1. The summed E-state index contributed by atoms with van der Waals surface area (Å²) in [6.07, 6.45) is 1.88. The summed E-state index contributed by atoms with van der Waals surface area (Å²) in [5, 5.41) is 14.4. The third-order valence-corrected chi connectivity index (χ3v) is 6.14. The lowest BCUT2D eigenvalue weighted by atomic mass is 9.95. The number of nitrogen functional groups attached to an aromatic ring is 1. The van der Waals surface area contributed by atoms with Gasteiger partial charge in [-0.15, -0.1) is 0 Å². The molecule has 4 heterocycles. The van der Waals surface area contributed by atoms with E-state index in [1.54, 1.807) is 24.0 Å². The van der Waals surface area contributed by atoms with E-state index in [4.69, 9.17) is 10.5 Å². The zero-order chi connectivity index (χ0) is 21.2. The summed E-state index contributed by atoms with van der Waals surface area (Å²) in [4.78, 5) is 6.52. The SMILES string of the molecule is CC1Oc2cc(cnc2N)-c2c(nn(C)c2C#N)CC2C(c3ccc(F)cc31)N2C. The molecule has 30 heavy (non-hydrogen) atoms. The Morgan fingerprint density at radius 3 is 2.83 bits per heavy atom. The van der Waals surface area contributed by atoms with Gasteiger partial charge in [0.2, 0.25) is 0 Å². The van der Waals surface area contributed by atoms with Crippen molar-refractivity contribution in [3.8, 4) is 22.9 Å². The number of likely N-dealkylation sites (N-methyl/N-ethyl adjacent to an activating group) is 1. The highest BCUT2D eigenvalue weighted by Crippen LogP contribution is 2.47. The van der Waals surface area contributed by atoms with Crippen LogP contribution in [0.1, 0.15) is 41.6 Å². The first-order valence-corrected chi connectivity index (χ1v) is 9.78. The van der Waals surface area contributed by atoms with Gasteiger partial charge in [0, 0.05) is 36.8 Å². The Bertz CT molecular complexity index is 1210. The molecular weight excluding hydrogens is 383 g/mol. The number of nitrogens with zero attached hydrogens (tertiary/aromatic N) is 5. The fourth-order valence-corrected chi connectivity index (χ4v) is 4.54. The monoisotopic (exact) mass is 404 g/mol. The lowest BCUT2D eigenvalue weighted by molar-refractivity contribution is 0.225. The summed E-state index contributed by atoms with van der Waals surface area (Å²) in [5.41, 5.74) is 10.7. The van der Waals surface area contributed by atoms with Crippen LogP contribution < -0.4 is 10.5 Å². The van der Waals surface area contributed by atoms with Gasteiger partial charge in [0.1, 0.15) is 23.7 Å². The van der Waals surface area contributed by atoms with Crippen molar-refractivity contribution in [3.63, 3.8) is 0 Å². The van der Waals surface area contributed by atoms with Crippen LogP contribution in [0.3, 0.4) is 0 Å². The minimum absolute atomic E-state index is 0.125. The number of anilines is 1. The van der Waals surface area contributed by atoms with Gasteiger partial charge in [-0.05, 0) is 43.3 Å². The molecule has 1 aromatic carbocycles. The number of nitrogens with two attached hydrogens (primary N) is 1. The first kappa shape index (κ1) is 18.6. The molecule has 5 rings (SSSR count). The molecule has 1 saturated heterocycles. The molecule has 0 amide bonds. The number of ether oxygens (including phenoxy) is 1. The normalized spacial score (nSPS) is 24.2. The molecule has 0 saturated carbocycles. The lowest BCUT2D eigenvalue weighted by Crippen LogP contribution is -2.10. The van der Waals surface area contributed by atoms with Crippen LogP contribution >= 0.6 is 0 Å². The second-order valence-electron chi connectivity index (χ2n) is 7.93. The van der Waals surface area contributed by atoms with Crippen molar-refractivity contribution in [1.82, 2.24) is 19.7 Å². The average molecular weight is 404 g/mol. The van der Waals surface area contributed by atoms with Crippen LogP contribution in [0.5, 0.6) is 5.75 Å². The molecule has 2 aliphatic rings. The van der Waals surface area contributed by atoms with Crippen LogP contribution in [0.4, 0.5) is 10.2 Å². The van der Waals surface area contributed by atoms with E-state index in [9.17, 15) is 9.65 Å². The summed E-state index contributed by atoms with van der Waals surface area (Å²) in [6.45, 7) is 1.88. The highest BCUT2D eigenvalue weighted by atomic mass is 19.1. The topological polar surface area (TPSA) is 92.8 Å². The second-order valence-corrected chi connectivity index (χ2v) is 7.93. The molecule has 152 valence electrons. The Labute approximate surface area is 173 Å². The maximum absolute atomic E-state index is 14.1. The molecule has 4 atom stereocenters. The van der Waals surface area contributed by atoms with Crippen LogP contribution in [0.15, 0.2) is 30.5 Å². The smallest absolute Gasteiger partial charge is 0.166 e. The van der Waals surface area contributed by atoms with Crippen molar-refractivity contribution >= 4 is 5.82 Å². The van der Waals surface area contributed by atoms with Gasteiger partial charge in [0.25, 0.3) is 0 Å². The van der Waals surface area contributed by atoms with Gasteiger partial charge in [-0.2, -0.15) is 10.4 Å². The van der Waals surface area contributed by atoms with Crippen LogP contribution in [-0.4, -0.2) is 32.8 Å². The van der Waals surface area contributed by atoms with E-state index in [0.717, 1.165) is 27.9 Å². The fourth-order valence-electron chi connectivity index (χ4n) is 4.54. The number of halogens is 1. The van der Waals surface area contributed by atoms with Gasteiger partial charge in [-0.1, -0.05) is 6.07 Å². The molecule has 0 aliphatic carbocycles. The predicted molar refractivity (Wildman–Crippen MR) is 109 cm³/mol. The minimum Gasteiger partial charge on any atom is -0.482 e. The zero-order valence-corrected chi connectivity index (χ0v) is 16.9. The molecule has 4 unspecified atom stereocenters. The quantitative estimate of drug-likeness (QED) is 0.579. The number of benzene rings is 1. The van der Waals surface area contributed by atoms with Gasteiger partial charge >= 0.3 is 0 Å². The molecule has 7 nitrogen and oxygen atoms in total. The Kier molecular flexibility index (Phi) is 4.05. The number of pyridine rings is 1. The molecular formula is C22H21FN6O. The van der Waals surface area contributed by atoms with Crippen LogP contribution in [0, 0.1) is 17.1 Å². The number of fused-ring (bicyclic) bond motifs is 7. The van der Waals surface area contributed by atoms with Crippen molar-refractivity contribution in [2.75, 3.05) is 12.8 Å². The fraction of sp³-hybridized carbons (Fsp3) is 0.318. The first-order chi connectivity index (χ1) is 14.4. The van der Waals surface area contributed by atoms with Gasteiger partial charge < -0.3 is 10.5 Å². The van der Waals surface area contributed by atoms with E-state index in [1.807, 2.05) is 20.0 Å².